The third-order valence-corrected chi connectivity index (χ3v) is 3.00. The standard InChI is InChI=1S/C17H19N3O/c1-13(2)20-11-14-5-3-7-16(9-14)21-12-15-6-4-8-19-17(15)10-18/h3-9,13,20H,11-12H2,1-2H3. The maximum absolute atomic E-state index is 9.01. The fourth-order valence-corrected chi connectivity index (χ4v) is 1.88. The average Bonchev–Trinajstić information content (AvgIpc) is 2.51. The van der Waals surface area contributed by atoms with Crippen molar-refractivity contribution in [2.45, 2.75) is 33.0 Å². The van der Waals surface area contributed by atoms with Gasteiger partial charge < -0.3 is 10.1 Å². The van der Waals surface area contributed by atoms with Crippen LogP contribution < -0.4 is 10.1 Å². The zero-order valence-electron chi connectivity index (χ0n) is 12.3. The average molecular weight is 281 g/mol. The number of nitriles is 1. The normalized spacial score (nSPS) is 10.4. The molecule has 0 saturated carbocycles. The molecule has 2 rings (SSSR count). The first kappa shape index (κ1) is 15.0. The topological polar surface area (TPSA) is 57.9 Å². The molecular formula is C17H19N3O. The van der Waals surface area contributed by atoms with Crippen molar-refractivity contribution >= 4 is 0 Å². The number of hydrogen-bond donors (Lipinski definition) is 1. The molecule has 0 fully saturated rings. The summed E-state index contributed by atoms with van der Waals surface area (Å²) in [5, 5.41) is 12.4. The fourth-order valence-electron chi connectivity index (χ4n) is 1.88. The number of hydrogen-bond acceptors (Lipinski definition) is 4. The smallest absolute Gasteiger partial charge is 0.147 e. The van der Waals surface area contributed by atoms with E-state index in [1.807, 2.05) is 30.3 Å². The Morgan fingerprint density at radius 3 is 2.90 bits per heavy atom. The molecule has 108 valence electrons. The molecule has 0 radical (unpaired) electrons. The summed E-state index contributed by atoms with van der Waals surface area (Å²) in [6, 6.07) is 14.2. The Morgan fingerprint density at radius 1 is 1.29 bits per heavy atom. The van der Waals surface area contributed by atoms with E-state index in [0.29, 0.717) is 18.3 Å². The lowest BCUT2D eigenvalue weighted by atomic mass is 10.2. The summed E-state index contributed by atoms with van der Waals surface area (Å²) in [4.78, 5) is 4.02. The summed E-state index contributed by atoms with van der Waals surface area (Å²) in [6.45, 7) is 5.39. The summed E-state index contributed by atoms with van der Waals surface area (Å²) >= 11 is 0. The van der Waals surface area contributed by atoms with Gasteiger partial charge >= 0.3 is 0 Å². The lowest BCUT2D eigenvalue weighted by molar-refractivity contribution is 0.305. The van der Waals surface area contributed by atoms with E-state index in [1.165, 1.54) is 5.56 Å². The largest absolute Gasteiger partial charge is 0.489 e. The molecule has 0 spiro atoms. The quantitative estimate of drug-likeness (QED) is 0.884. The van der Waals surface area contributed by atoms with E-state index in [4.69, 9.17) is 10.00 Å². The van der Waals surface area contributed by atoms with Gasteiger partial charge in [0.2, 0.25) is 0 Å². The maximum atomic E-state index is 9.01. The summed E-state index contributed by atoms with van der Waals surface area (Å²) in [5.74, 6) is 0.797. The SMILES string of the molecule is CC(C)NCc1cccc(OCc2cccnc2C#N)c1. The first-order chi connectivity index (χ1) is 10.2. The van der Waals surface area contributed by atoms with E-state index in [1.54, 1.807) is 6.20 Å². The first-order valence-electron chi connectivity index (χ1n) is 6.98. The van der Waals surface area contributed by atoms with Crippen LogP contribution in [0.25, 0.3) is 0 Å². The lowest BCUT2D eigenvalue weighted by Crippen LogP contribution is -2.21. The molecule has 1 aromatic carbocycles. The van der Waals surface area contributed by atoms with Gasteiger partial charge in [-0.1, -0.05) is 32.0 Å². The van der Waals surface area contributed by atoms with Gasteiger partial charge in [0.15, 0.2) is 0 Å². The number of pyridine rings is 1. The molecule has 0 atom stereocenters. The highest BCUT2D eigenvalue weighted by Gasteiger charge is 2.04. The highest BCUT2D eigenvalue weighted by Crippen LogP contribution is 2.16. The van der Waals surface area contributed by atoms with Gasteiger partial charge in [-0.2, -0.15) is 5.26 Å². The zero-order chi connectivity index (χ0) is 15.1. The summed E-state index contributed by atoms with van der Waals surface area (Å²) in [6.07, 6.45) is 1.61. The maximum Gasteiger partial charge on any atom is 0.147 e. The van der Waals surface area contributed by atoms with Crippen molar-refractivity contribution in [1.82, 2.24) is 10.3 Å². The van der Waals surface area contributed by atoms with Crippen LogP contribution in [0.4, 0.5) is 0 Å². The monoisotopic (exact) mass is 281 g/mol. The van der Waals surface area contributed by atoms with Crippen LogP contribution in [-0.4, -0.2) is 11.0 Å². The molecule has 0 aliphatic rings. The Labute approximate surface area is 125 Å². The van der Waals surface area contributed by atoms with Crippen LogP contribution in [0.5, 0.6) is 5.75 Å². The predicted molar refractivity (Wildman–Crippen MR) is 81.7 cm³/mol. The van der Waals surface area contributed by atoms with Gasteiger partial charge in [-0.3, -0.25) is 0 Å². The molecule has 1 aromatic heterocycles. The van der Waals surface area contributed by atoms with Gasteiger partial charge in [0.25, 0.3) is 0 Å². The number of ether oxygens (including phenoxy) is 1. The van der Waals surface area contributed by atoms with Crippen molar-refractivity contribution in [3.63, 3.8) is 0 Å². The van der Waals surface area contributed by atoms with Crippen molar-refractivity contribution in [2.75, 3.05) is 0 Å². The van der Waals surface area contributed by atoms with Crippen molar-refractivity contribution < 1.29 is 4.74 Å². The van der Waals surface area contributed by atoms with E-state index in [-0.39, 0.29) is 0 Å². The van der Waals surface area contributed by atoms with E-state index >= 15 is 0 Å². The Balaban J connectivity index is 2.00. The van der Waals surface area contributed by atoms with Crippen molar-refractivity contribution in [3.8, 4) is 11.8 Å². The summed E-state index contributed by atoms with van der Waals surface area (Å²) < 4.78 is 5.76. The first-order valence-corrected chi connectivity index (χ1v) is 6.98. The van der Waals surface area contributed by atoms with Crippen LogP contribution >= 0.6 is 0 Å². The van der Waals surface area contributed by atoms with Crippen molar-refractivity contribution in [2.24, 2.45) is 0 Å². The second-order valence-corrected chi connectivity index (χ2v) is 5.09. The van der Waals surface area contributed by atoms with E-state index in [2.05, 4.69) is 36.3 Å². The predicted octanol–water partition coefficient (Wildman–Crippen LogP) is 3.03. The Kier molecular flexibility index (Phi) is 5.30. The molecule has 1 N–H and O–H groups in total. The van der Waals surface area contributed by atoms with Gasteiger partial charge in [-0.15, -0.1) is 0 Å². The molecule has 1 heterocycles. The molecule has 4 nitrogen and oxygen atoms in total. The fraction of sp³-hybridized carbons (Fsp3) is 0.294. The summed E-state index contributed by atoms with van der Waals surface area (Å²) in [7, 11) is 0. The molecule has 0 bridgehead atoms. The molecule has 0 amide bonds. The number of nitrogens with zero attached hydrogens (tertiary/aromatic N) is 2. The third-order valence-electron chi connectivity index (χ3n) is 3.00. The van der Waals surface area contributed by atoms with Gasteiger partial charge in [0.05, 0.1) is 0 Å². The Bertz CT molecular complexity index is 632. The van der Waals surface area contributed by atoms with Crippen LogP contribution in [-0.2, 0) is 13.2 Å². The van der Waals surface area contributed by atoms with Crippen LogP contribution in [0.3, 0.4) is 0 Å². The Morgan fingerprint density at radius 2 is 2.14 bits per heavy atom. The number of nitrogens with one attached hydrogen (secondary N) is 1. The molecular weight excluding hydrogens is 262 g/mol. The number of aromatic nitrogens is 1. The molecule has 2 aromatic rings. The van der Waals surface area contributed by atoms with E-state index in [0.717, 1.165) is 17.9 Å². The molecule has 0 aliphatic heterocycles. The lowest BCUT2D eigenvalue weighted by Gasteiger charge is -2.11. The molecule has 4 heteroatoms. The second-order valence-electron chi connectivity index (χ2n) is 5.09. The minimum atomic E-state index is 0.345. The zero-order valence-corrected chi connectivity index (χ0v) is 12.3. The van der Waals surface area contributed by atoms with E-state index in [9.17, 15) is 0 Å². The van der Waals surface area contributed by atoms with Crippen molar-refractivity contribution in [3.05, 3.63) is 59.4 Å². The minimum Gasteiger partial charge on any atom is -0.489 e. The van der Waals surface area contributed by atoms with Crippen LogP contribution in [0, 0.1) is 11.3 Å². The van der Waals surface area contributed by atoms with E-state index < -0.39 is 0 Å². The van der Waals surface area contributed by atoms with Crippen LogP contribution in [0.2, 0.25) is 0 Å². The van der Waals surface area contributed by atoms with Crippen LogP contribution in [0.15, 0.2) is 42.6 Å². The molecule has 0 aliphatic carbocycles. The van der Waals surface area contributed by atoms with Gasteiger partial charge in [-0.25, -0.2) is 4.98 Å². The number of rotatable bonds is 6. The van der Waals surface area contributed by atoms with Crippen LogP contribution in [0.1, 0.15) is 30.7 Å². The summed E-state index contributed by atoms with van der Waals surface area (Å²) in [5.41, 5.74) is 2.38. The second kappa shape index (κ2) is 7.41. The third kappa shape index (κ3) is 4.59. The van der Waals surface area contributed by atoms with Gasteiger partial charge in [0.1, 0.15) is 24.1 Å². The number of benzene rings is 1. The Hall–Kier alpha value is -2.38. The molecule has 0 unspecified atom stereocenters. The molecule has 0 saturated heterocycles. The minimum absolute atomic E-state index is 0.345. The van der Waals surface area contributed by atoms with Gasteiger partial charge in [-0.05, 0) is 23.8 Å². The van der Waals surface area contributed by atoms with Crippen molar-refractivity contribution in [1.29, 1.82) is 5.26 Å². The van der Waals surface area contributed by atoms with Gasteiger partial charge in [0, 0.05) is 24.3 Å². The highest BCUT2D eigenvalue weighted by molar-refractivity contribution is 5.32. The molecule has 21 heavy (non-hydrogen) atoms. The highest BCUT2D eigenvalue weighted by atomic mass is 16.5.